The van der Waals surface area contributed by atoms with Crippen LogP contribution in [0.5, 0.6) is 5.75 Å². The molecule has 94 valence electrons. The van der Waals surface area contributed by atoms with Crippen molar-refractivity contribution >= 4 is 5.97 Å². The Labute approximate surface area is 94.0 Å². The smallest absolute Gasteiger partial charge is 0.421 e. The number of hydrogen-bond acceptors (Lipinski definition) is 4. The zero-order valence-electron chi connectivity index (χ0n) is 8.65. The SMILES string of the molecule is COc1cncc(C(N)(C(=O)O)C(F)(F)F)c1. The summed E-state index contributed by atoms with van der Waals surface area (Å²) in [5.41, 5.74) is 0.740. The van der Waals surface area contributed by atoms with Crippen molar-refractivity contribution in [1.82, 2.24) is 4.98 Å². The van der Waals surface area contributed by atoms with Crippen LogP contribution >= 0.6 is 0 Å². The Morgan fingerprint density at radius 3 is 2.47 bits per heavy atom. The molecule has 1 aromatic heterocycles. The number of nitrogens with two attached hydrogens (primary N) is 1. The number of aromatic nitrogens is 1. The maximum Gasteiger partial charge on any atom is 0.421 e. The third kappa shape index (κ3) is 2.16. The molecular weight excluding hydrogens is 241 g/mol. The van der Waals surface area contributed by atoms with Crippen LogP contribution < -0.4 is 10.5 Å². The van der Waals surface area contributed by atoms with E-state index < -0.39 is 23.2 Å². The van der Waals surface area contributed by atoms with Gasteiger partial charge in [-0.3, -0.25) is 4.98 Å². The second kappa shape index (κ2) is 4.21. The molecular formula is C9H9F3N2O3. The summed E-state index contributed by atoms with van der Waals surface area (Å²) in [7, 11) is 1.22. The zero-order valence-corrected chi connectivity index (χ0v) is 8.65. The van der Waals surface area contributed by atoms with Crippen LogP contribution in [0.2, 0.25) is 0 Å². The third-order valence-corrected chi connectivity index (χ3v) is 2.19. The van der Waals surface area contributed by atoms with E-state index in [1.807, 2.05) is 0 Å². The Hall–Kier alpha value is -1.83. The molecule has 0 saturated carbocycles. The van der Waals surface area contributed by atoms with Gasteiger partial charge in [-0.25, -0.2) is 4.79 Å². The molecule has 1 aromatic rings. The van der Waals surface area contributed by atoms with Gasteiger partial charge in [-0.1, -0.05) is 0 Å². The van der Waals surface area contributed by atoms with Gasteiger partial charge in [0.15, 0.2) is 0 Å². The Kier molecular flexibility index (Phi) is 3.28. The standard InChI is InChI=1S/C9H9F3N2O3/c1-17-6-2-5(3-14-4-6)8(13,7(15)16)9(10,11)12/h2-4H,13H2,1H3,(H,15,16). The lowest BCUT2D eigenvalue weighted by molar-refractivity contribution is -0.204. The normalized spacial score (nSPS) is 15.1. The van der Waals surface area contributed by atoms with Crippen LogP contribution in [0.3, 0.4) is 0 Å². The van der Waals surface area contributed by atoms with Crippen molar-refractivity contribution in [2.75, 3.05) is 7.11 Å². The largest absolute Gasteiger partial charge is 0.495 e. The summed E-state index contributed by atoms with van der Waals surface area (Å²) in [6.07, 6.45) is -3.26. The highest BCUT2D eigenvalue weighted by molar-refractivity contribution is 5.81. The van der Waals surface area contributed by atoms with Crippen molar-refractivity contribution in [3.63, 3.8) is 0 Å². The van der Waals surface area contributed by atoms with E-state index in [0.717, 1.165) is 18.5 Å². The molecule has 1 heterocycles. The number of methoxy groups -OCH3 is 1. The van der Waals surface area contributed by atoms with Crippen LogP contribution in [0.4, 0.5) is 13.2 Å². The molecule has 8 heteroatoms. The van der Waals surface area contributed by atoms with Crippen LogP contribution in [0.1, 0.15) is 5.56 Å². The van der Waals surface area contributed by atoms with Gasteiger partial charge < -0.3 is 15.6 Å². The summed E-state index contributed by atoms with van der Waals surface area (Å²) in [6.45, 7) is 0. The molecule has 0 aromatic carbocycles. The van der Waals surface area contributed by atoms with Crippen LogP contribution in [-0.4, -0.2) is 29.3 Å². The van der Waals surface area contributed by atoms with Gasteiger partial charge in [0, 0.05) is 11.8 Å². The van der Waals surface area contributed by atoms with Crippen LogP contribution in [-0.2, 0) is 10.3 Å². The van der Waals surface area contributed by atoms with E-state index in [1.54, 1.807) is 0 Å². The molecule has 0 saturated heterocycles. The first kappa shape index (κ1) is 13.2. The van der Waals surface area contributed by atoms with E-state index in [2.05, 4.69) is 9.72 Å². The van der Waals surface area contributed by atoms with Crippen LogP contribution in [0, 0.1) is 0 Å². The van der Waals surface area contributed by atoms with Gasteiger partial charge in [-0.05, 0) is 6.07 Å². The first-order valence-corrected chi connectivity index (χ1v) is 4.32. The second-order valence-electron chi connectivity index (χ2n) is 3.22. The number of alkyl halides is 3. The molecule has 0 radical (unpaired) electrons. The van der Waals surface area contributed by atoms with Crippen LogP contribution in [0.15, 0.2) is 18.5 Å². The molecule has 0 fully saturated rings. The lowest BCUT2D eigenvalue weighted by atomic mass is 9.91. The van der Waals surface area contributed by atoms with Gasteiger partial charge in [0.1, 0.15) is 5.75 Å². The maximum atomic E-state index is 12.7. The molecule has 0 aliphatic rings. The summed E-state index contributed by atoms with van der Waals surface area (Å²) in [5, 5.41) is 8.67. The number of carbonyl (C=O) groups is 1. The predicted molar refractivity (Wildman–Crippen MR) is 50.3 cm³/mol. The molecule has 5 nitrogen and oxygen atoms in total. The number of pyridine rings is 1. The fourth-order valence-corrected chi connectivity index (χ4v) is 1.15. The van der Waals surface area contributed by atoms with Crippen molar-refractivity contribution in [1.29, 1.82) is 0 Å². The van der Waals surface area contributed by atoms with Gasteiger partial charge in [-0.2, -0.15) is 13.2 Å². The minimum absolute atomic E-state index is 0.0113. The molecule has 0 spiro atoms. The fourth-order valence-electron chi connectivity index (χ4n) is 1.15. The Balaban J connectivity index is 3.38. The van der Waals surface area contributed by atoms with Crippen molar-refractivity contribution in [3.8, 4) is 5.75 Å². The molecule has 1 unspecified atom stereocenters. The number of carboxylic acids is 1. The molecule has 0 aliphatic carbocycles. The van der Waals surface area contributed by atoms with E-state index >= 15 is 0 Å². The van der Waals surface area contributed by atoms with E-state index in [-0.39, 0.29) is 5.75 Å². The summed E-state index contributed by atoms with van der Waals surface area (Å²) in [6, 6.07) is 0.884. The molecule has 3 N–H and O–H groups in total. The average molecular weight is 250 g/mol. The Morgan fingerprint density at radius 2 is 2.06 bits per heavy atom. The van der Waals surface area contributed by atoms with Crippen LogP contribution in [0.25, 0.3) is 0 Å². The topological polar surface area (TPSA) is 85.4 Å². The number of halogens is 3. The molecule has 1 atom stereocenters. The number of hydrogen-bond donors (Lipinski definition) is 2. The summed E-state index contributed by atoms with van der Waals surface area (Å²) in [4.78, 5) is 14.2. The van der Waals surface area contributed by atoms with Crippen molar-refractivity contribution in [2.24, 2.45) is 5.73 Å². The Morgan fingerprint density at radius 1 is 1.47 bits per heavy atom. The predicted octanol–water partition coefficient (Wildman–Crippen LogP) is 0.891. The zero-order chi connectivity index (χ0) is 13.3. The minimum atomic E-state index is -5.15. The molecule has 0 amide bonds. The van der Waals surface area contributed by atoms with E-state index in [0.29, 0.717) is 0 Å². The van der Waals surface area contributed by atoms with Crippen molar-refractivity contribution in [3.05, 3.63) is 24.0 Å². The maximum absolute atomic E-state index is 12.7. The monoisotopic (exact) mass is 250 g/mol. The lowest BCUT2D eigenvalue weighted by Gasteiger charge is -2.27. The summed E-state index contributed by atoms with van der Waals surface area (Å²) < 4.78 is 42.8. The minimum Gasteiger partial charge on any atom is -0.495 e. The van der Waals surface area contributed by atoms with Gasteiger partial charge in [0.2, 0.25) is 5.54 Å². The molecule has 0 bridgehead atoms. The first-order valence-electron chi connectivity index (χ1n) is 4.32. The van der Waals surface area contributed by atoms with Crippen molar-refractivity contribution in [2.45, 2.75) is 11.7 Å². The summed E-state index contributed by atoms with van der Waals surface area (Å²) in [5.74, 6) is -2.22. The van der Waals surface area contributed by atoms with E-state index in [4.69, 9.17) is 10.8 Å². The fraction of sp³-hybridized carbons (Fsp3) is 0.333. The van der Waals surface area contributed by atoms with Gasteiger partial charge in [0.05, 0.1) is 13.3 Å². The average Bonchev–Trinajstić information content (AvgIpc) is 2.26. The second-order valence-corrected chi connectivity index (χ2v) is 3.22. The molecule has 0 aliphatic heterocycles. The summed E-state index contributed by atoms with van der Waals surface area (Å²) >= 11 is 0. The number of nitrogens with zero attached hydrogens (tertiary/aromatic N) is 1. The van der Waals surface area contributed by atoms with Crippen molar-refractivity contribution < 1.29 is 27.8 Å². The molecule has 1 rings (SSSR count). The van der Waals surface area contributed by atoms with E-state index in [9.17, 15) is 18.0 Å². The highest BCUT2D eigenvalue weighted by Gasteiger charge is 2.59. The lowest BCUT2D eigenvalue weighted by Crippen LogP contribution is -2.56. The number of aliphatic carboxylic acids is 1. The number of ether oxygens (including phenoxy) is 1. The number of rotatable bonds is 3. The quantitative estimate of drug-likeness (QED) is 0.832. The highest BCUT2D eigenvalue weighted by Crippen LogP contribution is 2.37. The third-order valence-electron chi connectivity index (χ3n) is 2.19. The number of carboxylic acid groups (broad SMARTS) is 1. The Bertz CT molecular complexity index is 436. The molecule has 17 heavy (non-hydrogen) atoms. The van der Waals surface area contributed by atoms with E-state index in [1.165, 1.54) is 7.11 Å². The van der Waals surface area contributed by atoms with Gasteiger partial charge in [-0.15, -0.1) is 0 Å². The van der Waals surface area contributed by atoms with Gasteiger partial charge >= 0.3 is 12.1 Å². The highest BCUT2D eigenvalue weighted by atomic mass is 19.4. The first-order chi connectivity index (χ1) is 7.73. The van der Waals surface area contributed by atoms with Gasteiger partial charge in [0.25, 0.3) is 0 Å².